The van der Waals surface area contributed by atoms with Gasteiger partial charge in [-0.1, -0.05) is 12.1 Å². The zero-order chi connectivity index (χ0) is 13.9. The highest BCUT2D eigenvalue weighted by molar-refractivity contribution is 5.60. The van der Waals surface area contributed by atoms with E-state index in [-0.39, 0.29) is 17.4 Å². The van der Waals surface area contributed by atoms with Gasteiger partial charge in [-0.05, 0) is 43.4 Å². The van der Waals surface area contributed by atoms with E-state index in [1.165, 1.54) is 0 Å². The van der Waals surface area contributed by atoms with Gasteiger partial charge in [-0.25, -0.2) is 0 Å². The highest BCUT2D eigenvalue weighted by Crippen LogP contribution is 2.34. The molecule has 1 heterocycles. The number of fused-ring (bicyclic) bond motifs is 1. The van der Waals surface area contributed by atoms with Crippen LogP contribution in [0.1, 0.15) is 31.2 Å². The molecule has 1 aromatic rings. The second-order valence-corrected chi connectivity index (χ2v) is 4.87. The van der Waals surface area contributed by atoms with Gasteiger partial charge in [-0.2, -0.15) is 0 Å². The quantitative estimate of drug-likeness (QED) is 0.624. The second-order valence-electron chi connectivity index (χ2n) is 4.87. The number of allylic oxidation sites excluding steroid dienone is 2. The first-order chi connectivity index (χ1) is 9.74. The SMILES string of the molecule is O=[N+]([O-])/C(=C/c1ccc2c(c1)OCO2)C1=CCCCC1. The van der Waals surface area contributed by atoms with Gasteiger partial charge in [0.2, 0.25) is 6.79 Å². The Bertz CT molecular complexity index is 604. The van der Waals surface area contributed by atoms with Gasteiger partial charge in [0.05, 0.1) is 4.92 Å². The van der Waals surface area contributed by atoms with Crippen molar-refractivity contribution >= 4 is 6.08 Å². The van der Waals surface area contributed by atoms with E-state index in [1.807, 2.05) is 6.08 Å². The van der Waals surface area contributed by atoms with Crippen molar-refractivity contribution in [2.75, 3.05) is 6.79 Å². The molecule has 5 heteroatoms. The Labute approximate surface area is 116 Å². The van der Waals surface area contributed by atoms with E-state index in [0.29, 0.717) is 11.5 Å². The summed E-state index contributed by atoms with van der Waals surface area (Å²) in [7, 11) is 0. The minimum absolute atomic E-state index is 0.184. The number of nitro groups is 1. The van der Waals surface area contributed by atoms with Crippen LogP contribution >= 0.6 is 0 Å². The first-order valence-corrected chi connectivity index (χ1v) is 6.69. The molecule has 0 saturated heterocycles. The molecule has 0 N–H and O–H groups in total. The van der Waals surface area contributed by atoms with E-state index in [9.17, 15) is 10.1 Å². The molecular weight excluding hydrogens is 258 g/mol. The molecule has 1 aliphatic carbocycles. The standard InChI is InChI=1S/C15H15NO4/c17-16(18)13(12-4-2-1-3-5-12)8-11-6-7-14-15(9-11)20-10-19-14/h4,6-9H,1-3,5,10H2/b13-8+. The first kappa shape index (κ1) is 12.7. The summed E-state index contributed by atoms with van der Waals surface area (Å²) in [6.07, 6.45) is 7.40. The van der Waals surface area contributed by atoms with Crippen LogP contribution < -0.4 is 9.47 Å². The van der Waals surface area contributed by atoms with Crippen molar-refractivity contribution < 1.29 is 14.4 Å². The normalized spacial score (nSPS) is 17.8. The lowest BCUT2D eigenvalue weighted by molar-refractivity contribution is -0.419. The molecule has 0 saturated carbocycles. The molecule has 2 aliphatic rings. The average Bonchev–Trinajstić information content (AvgIpc) is 2.93. The molecule has 0 aromatic heterocycles. The maximum atomic E-state index is 11.3. The fourth-order valence-electron chi connectivity index (χ4n) is 2.49. The summed E-state index contributed by atoms with van der Waals surface area (Å²) in [5.74, 6) is 1.32. The predicted octanol–water partition coefficient (Wildman–Crippen LogP) is 3.53. The molecule has 0 bridgehead atoms. The third-order valence-corrected chi connectivity index (χ3v) is 3.52. The number of benzene rings is 1. The van der Waals surface area contributed by atoms with Crippen molar-refractivity contribution in [3.05, 3.63) is 51.2 Å². The van der Waals surface area contributed by atoms with Gasteiger partial charge in [-0.15, -0.1) is 0 Å². The third-order valence-electron chi connectivity index (χ3n) is 3.52. The zero-order valence-electron chi connectivity index (χ0n) is 11.0. The van der Waals surface area contributed by atoms with Crippen LogP contribution in [-0.4, -0.2) is 11.7 Å². The predicted molar refractivity (Wildman–Crippen MR) is 74.1 cm³/mol. The Kier molecular flexibility index (Phi) is 3.41. The minimum atomic E-state index is -0.304. The number of hydrogen-bond donors (Lipinski definition) is 0. The fraction of sp³-hybridized carbons (Fsp3) is 0.333. The summed E-state index contributed by atoms with van der Waals surface area (Å²) in [5.41, 5.74) is 1.77. The van der Waals surface area contributed by atoms with Gasteiger partial charge in [0, 0.05) is 11.6 Å². The summed E-state index contributed by atoms with van der Waals surface area (Å²) < 4.78 is 10.5. The Morgan fingerprint density at radius 2 is 2.10 bits per heavy atom. The molecule has 1 aliphatic heterocycles. The lowest BCUT2D eigenvalue weighted by Crippen LogP contribution is -2.04. The fourth-order valence-corrected chi connectivity index (χ4v) is 2.49. The lowest BCUT2D eigenvalue weighted by atomic mass is 9.96. The van der Waals surface area contributed by atoms with Crippen molar-refractivity contribution in [1.29, 1.82) is 0 Å². The summed E-state index contributed by atoms with van der Waals surface area (Å²) in [6, 6.07) is 5.36. The largest absolute Gasteiger partial charge is 0.454 e. The number of nitrogens with zero attached hydrogens (tertiary/aromatic N) is 1. The van der Waals surface area contributed by atoms with Crippen LogP contribution in [0.3, 0.4) is 0 Å². The minimum Gasteiger partial charge on any atom is -0.454 e. The van der Waals surface area contributed by atoms with Crippen molar-refractivity contribution in [1.82, 2.24) is 0 Å². The van der Waals surface area contributed by atoms with Gasteiger partial charge in [0.15, 0.2) is 11.5 Å². The molecule has 5 nitrogen and oxygen atoms in total. The Hall–Kier alpha value is -2.30. The van der Waals surface area contributed by atoms with Crippen molar-refractivity contribution in [2.45, 2.75) is 25.7 Å². The molecule has 3 rings (SSSR count). The number of ether oxygens (including phenoxy) is 2. The van der Waals surface area contributed by atoms with Crippen molar-refractivity contribution in [2.24, 2.45) is 0 Å². The van der Waals surface area contributed by atoms with Crippen LogP contribution in [0.25, 0.3) is 6.08 Å². The molecule has 20 heavy (non-hydrogen) atoms. The molecule has 0 radical (unpaired) electrons. The van der Waals surface area contributed by atoms with E-state index < -0.39 is 0 Å². The Morgan fingerprint density at radius 3 is 2.85 bits per heavy atom. The van der Waals surface area contributed by atoms with Gasteiger partial charge in [0.25, 0.3) is 5.70 Å². The van der Waals surface area contributed by atoms with Crippen LogP contribution in [0.5, 0.6) is 11.5 Å². The third kappa shape index (κ3) is 2.52. The highest BCUT2D eigenvalue weighted by Gasteiger charge is 2.20. The molecular formula is C15H15NO4. The Balaban J connectivity index is 1.94. The van der Waals surface area contributed by atoms with Crippen LogP contribution in [-0.2, 0) is 0 Å². The van der Waals surface area contributed by atoms with Crippen LogP contribution in [0.4, 0.5) is 0 Å². The van der Waals surface area contributed by atoms with Gasteiger partial charge < -0.3 is 9.47 Å². The smallest absolute Gasteiger partial charge is 0.272 e. The van der Waals surface area contributed by atoms with E-state index >= 15 is 0 Å². The van der Waals surface area contributed by atoms with Gasteiger partial charge >= 0.3 is 0 Å². The number of rotatable bonds is 3. The second kappa shape index (κ2) is 5.36. The Morgan fingerprint density at radius 1 is 1.25 bits per heavy atom. The average molecular weight is 273 g/mol. The summed E-state index contributed by atoms with van der Waals surface area (Å²) in [6.45, 7) is 0.204. The summed E-state index contributed by atoms with van der Waals surface area (Å²) in [4.78, 5) is 11.0. The van der Waals surface area contributed by atoms with Crippen LogP contribution in [0.15, 0.2) is 35.5 Å². The maximum Gasteiger partial charge on any atom is 0.272 e. The molecule has 0 spiro atoms. The van der Waals surface area contributed by atoms with Crippen molar-refractivity contribution in [3.63, 3.8) is 0 Å². The lowest BCUT2D eigenvalue weighted by Gasteiger charge is -2.10. The summed E-state index contributed by atoms with van der Waals surface area (Å²) in [5, 5.41) is 11.3. The monoisotopic (exact) mass is 273 g/mol. The van der Waals surface area contributed by atoms with Crippen LogP contribution in [0, 0.1) is 10.1 Å². The van der Waals surface area contributed by atoms with E-state index in [0.717, 1.165) is 36.8 Å². The van der Waals surface area contributed by atoms with E-state index in [4.69, 9.17) is 9.47 Å². The first-order valence-electron chi connectivity index (χ1n) is 6.69. The van der Waals surface area contributed by atoms with Gasteiger partial charge in [0.1, 0.15) is 0 Å². The van der Waals surface area contributed by atoms with Crippen molar-refractivity contribution in [3.8, 4) is 11.5 Å². The van der Waals surface area contributed by atoms with Crippen LogP contribution in [0.2, 0.25) is 0 Å². The molecule has 0 amide bonds. The molecule has 0 unspecified atom stereocenters. The molecule has 0 atom stereocenters. The zero-order valence-corrected chi connectivity index (χ0v) is 11.0. The molecule has 1 aromatic carbocycles. The number of hydrogen-bond acceptors (Lipinski definition) is 4. The molecule has 104 valence electrons. The summed E-state index contributed by atoms with van der Waals surface area (Å²) >= 11 is 0. The van der Waals surface area contributed by atoms with Gasteiger partial charge in [-0.3, -0.25) is 10.1 Å². The van der Waals surface area contributed by atoms with E-state index in [1.54, 1.807) is 24.3 Å². The topological polar surface area (TPSA) is 61.6 Å². The highest BCUT2D eigenvalue weighted by atomic mass is 16.7. The van der Waals surface area contributed by atoms with E-state index in [2.05, 4.69) is 0 Å². The molecule has 0 fully saturated rings. The maximum absolute atomic E-state index is 11.3.